The van der Waals surface area contributed by atoms with Crippen molar-refractivity contribution >= 4 is 17.6 Å². The molecule has 114 valence electrons. The first kappa shape index (κ1) is 15.2. The Bertz CT molecular complexity index is 515. The van der Waals surface area contributed by atoms with Crippen LogP contribution in [0.3, 0.4) is 0 Å². The van der Waals surface area contributed by atoms with Crippen LogP contribution in [0.15, 0.2) is 18.2 Å². The van der Waals surface area contributed by atoms with E-state index in [0.717, 1.165) is 6.42 Å². The van der Waals surface area contributed by atoms with Gasteiger partial charge in [-0.3, -0.25) is 9.59 Å². The summed E-state index contributed by atoms with van der Waals surface area (Å²) in [6, 6.07) is 5.29. The number of carboxylic acids is 1. The Labute approximate surface area is 123 Å². The second-order valence-corrected chi connectivity index (χ2v) is 4.86. The number of hydrogen-bond donors (Lipinski definition) is 2. The molecule has 2 N–H and O–H groups in total. The van der Waals surface area contributed by atoms with Gasteiger partial charge >= 0.3 is 5.97 Å². The van der Waals surface area contributed by atoms with Crippen molar-refractivity contribution < 1.29 is 24.2 Å². The van der Waals surface area contributed by atoms with E-state index in [1.807, 2.05) is 0 Å². The number of fused-ring (bicyclic) bond motifs is 1. The van der Waals surface area contributed by atoms with Crippen LogP contribution < -0.4 is 14.8 Å². The van der Waals surface area contributed by atoms with Crippen molar-refractivity contribution in [3.05, 3.63) is 18.2 Å². The lowest BCUT2D eigenvalue weighted by Gasteiger charge is -2.10. The van der Waals surface area contributed by atoms with Crippen molar-refractivity contribution in [1.29, 1.82) is 0 Å². The zero-order chi connectivity index (χ0) is 15.1. The van der Waals surface area contributed by atoms with Crippen LogP contribution >= 0.6 is 0 Å². The van der Waals surface area contributed by atoms with Crippen LogP contribution in [0.5, 0.6) is 11.5 Å². The van der Waals surface area contributed by atoms with Crippen LogP contribution in [-0.4, -0.2) is 30.2 Å². The molecular weight excluding hydrogens is 274 g/mol. The van der Waals surface area contributed by atoms with E-state index in [1.165, 1.54) is 0 Å². The summed E-state index contributed by atoms with van der Waals surface area (Å²) in [5.74, 6) is 0.358. The summed E-state index contributed by atoms with van der Waals surface area (Å²) in [6.07, 6.45) is 2.30. The van der Waals surface area contributed by atoms with Crippen molar-refractivity contribution in [2.75, 3.05) is 18.5 Å². The van der Waals surface area contributed by atoms with Crippen molar-refractivity contribution in [3.8, 4) is 11.5 Å². The summed E-state index contributed by atoms with van der Waals surface area (Å²) >= 11 is 0. The molecular formula is C15H19NO5. The first-order valence-electron chi connectivity index (χ1n) is 7.06. The molecule has 0 radical (unpaired) electrons. The predicted octanol–water partition coefficient (Wildman–Crippen LogP) is 2.43. The van der Waals surface area contributed by atoms with Gasteiger partial charge in [0.15, 0.2) is 11.5 Å². The molecule has 21 heavy (non-hydrogen) atoms. The molecule has 0 saturated carbocycles. The van der Waals surface area contributed by atoms with E-state index in [2.05, 4.69) is 5.32 Å². The number of carboxylic acid groups (broad SMARTS) is 1. The largest absolute Gasteiger partial charge is 0.490 e. The fourth-order valence-electron chi connectivity index (χ4n) is 2.03. The van der Waals surface area contributed by atoms with E-state index in [1.54, 1.807) is 18.2 Å². The van der Waals surface area contributed by atoms with Gasteiger partial charge < -0.3 is 19.9 Å². The number of ether oxygens (including phenoxy) is 2. The van der Waals surface area contributed by atoms with Crippen molar-refractivity contribution in [2.24, 2.45) is 0 Å². The van der Waals surface area contributed by atoms with Crippen LogP contribution in [-0.2, 0) is 9.59 Å². The van der Waals surface area contributed by atoms with Gasteiger partial charge in [0.05, 0.1) is 13.2 Å². The number of aliphatic carboxylic acids is 1. The summed E-state index contributed by atoms with van der Waals surface area (Å²) in [6.45, 7) is 1.22. The highest BCUT2D eigenvalue weighted by Gasteiger charge is 2.11. The fraction of sp³-hybridized carbons (Fsp3) is 0.467. The molecule has 0 bridgehead atoms. The van der Waals surface area contributed by atoms with Gasteiger partial charge in [-0.2, -0.15) is 0 Å². The van der Waals surface area contributed by atoms with Gasteiger partial charge in [0.25, 0.3) is 0 Å². The van der Waals surface area contributed by atoms with Gasteiger partial charge in [0.2, 0.25) is 5.91 Å². The zero-order valence-corrected chi connectivity index (χ0v) is 11.8. The van der Waals surface area contributed by atoms with E-state index >= 15 is 0 Å². The number of amides is 1. The van der Waals surface area contributed by atoms with E-state index in [9.17, 15) is 9.59 Å². The first-order valence-corrected chi connectivity index (χ1v) is 7.06. The van der Waals surface area contributed by atoms with E-state index in [-0.39, 0.29) is 12.3 Å². The number of carbonyl (C=O) groups excluding carboxylic acids is 1. The molecule has 1 aromatic rings. The predicted molar refractivity (Wildman–Crippen MR) is 76.8 cm³/mol. The molecule has 1 aliphatic rings. The highest BCUT2D eigenvalue weighted by atomic mass is 16.5. The minimum atomic E-state index is -0.835. The number of rotatable bonds is 6. The minimum absolute atomic E-state index is 0.0945. The van der Waals surface area contributed by atoms with Gasteiger partial charge in [-0.05, 0) is 25.0 Å². The second kappa shape index (κ2) is 7.52. The van der Waals surface area contributed by atoms with Crippen LogP contribution in [0.4, 0.5) is 5.69 Å². The maximum atomic E-state index is 11.8. The molecule has 6 heteroatoms. The molecule has 0 unspecified atom stereocenters. The summed E-state index contributed by atoms with van der Waals surface area (Å²) in [5.41, 5.74) is 0.655. The van der Waals surface area contributed by atoms with Crippen LogP contribution in [0.1, 0.15) is 32.1 Å². The third-order valence-electron chi connectivity index (χ3n) is 3.08. The normalized spacial score (nSPS) is 13.3. The van der Waals surface area contributed by atoms with Gasteiger partial charge in [-0.15, -0.1) is 0 Å². The van der Waals surface area contributed by atoms with Crippen LogP contribution in [0, 0.1) is 0 Å². The molecule has 0 saturated heterocycles. The number of unbranched alkanes of at least 4 members (excludes halogenated alkanes) is 1. The minimum Gasteiger partial charge on any atom is -0.490 e. The molecule has 2 rings (SSSR count). The average Bonchev–Trinajstić information content (AvgIpc) is 2.68. The molecule has 6 nitrogen and oxygen atoms in total. The van der Waals surface area contributed by atoms with Crippen LogP contribution in [0.25, 0.3) is 0 Å². The lowest BCUT2D eigenvalue weighted by Crippen LogP contribution is -2.11. The Hall–Kier alpha value is -2.24. The zero-order valence-electron chi connectivity index (χ0n) is 11.8. The lowest BCUT2D eigenvalue weighted by atomic mass is 10.2. The number of carbonyl (C=O) groups is 2. The molecule has 0 spiro atoms. The lowest BCUT2D eigenvalue weighted by molar-refractivity contribution is -0.137. The smallest absolute Gasteiger partial charge is 0.303 e. The molecule has 0 atom stereocenters. The number of benzene rings is 1. The first-order chi connectivity index (χ1) is 10.1. The molecule has 1 amide bonds. The van der Waals surface area contributed by atoms with Gasteiger partial charge in [-0.1, -0.05) is 0 Å². The number of hydrogen-bond acceptors (Lipinski definition) is 4. The second-order valence-electron chi connectivity index (χ2n) is 4.86. The van der Waals surface area contributed by atoms with E-state index in [4.69, 9.17) is 14.6 Å². The Morgan fingerprint density at radius 2 is 1.81 bits per heavy atom. The van der Waals surface area contributed by atoms with Gasteiger partial charge in [0, 0.05) is 31.0 Å². The van der Waals surface area contributed by atoms with Crippen molar-refractivity contribution in [3.63, 3.8) is 0 Å². The summed E-state index contributed by atoms with van der Waals surface area (Å²) in [7, 11) is 0. The molecule has 0 aromatic heterocycles. The van der Waals surface area contributed by atoms with Crippen molar-refractivity contribution in [1.82, 2.24) is 0 Å². The molecule has 1 aliphatic heterocycles. The Kier molecular flexibility index (Phi) is 5.43. The highest BCUT2D eigenvalue weighted by Crippen LogP contribution is 2.32. The number of nitrogens with one attached hydrogen (secondary N) is 1. The topological polar surface area (TPSA) is 84.9 Å². The summed E-state index contributed by atoms with van der Waals surface area (Å²) < 4.78 is 11.1. The Morgan fingerprint density at radius 1 is 1.10 bits per heavy atom. The standard InChI is InChI=1S/C15H19NO5/c17-14(4-1-2-5-15(18)19)16-11-6-7-12-13(10-11)21-9-3-8-20-12/h6-7,10H,1-5,8-9H2,(H,16,17)(H,18,19). The molecule has 0 aliphatic carbocycles. The highest BCUT2D eigenvalue weighted by molar-refractivity contribution is 5.91. The molecule has 1 aromatic carbocycles. The molecule has 1 heterocycles. The SMILES string of the molecule is O=C(O)CCCCC(=O)Nc1ccc2c(c1)OCCCO2. The monoisotopic (exact) mass is 293 g/mol. The van der Waals surface area contributed by atoms with E-state index in [0.29, 0.717) is 49.7 Å². The third-order valence-corrected chi connectivity index (χ3v) is 3.08. The summed E-state index contributed by atoms with van der Waals surface area (Å²) in [5, 5.41) is 11.3. The Balaban J connectivity index is 1.83. The maximum Gasteiger partial charge on any atom is 0.303 e. The maximum absolute atomic E-state index is 11.8. The van der Waals surface area contributed by atoms with Crippen LogP contribution in [0.2, 0.25) is 0 Å². The van der Waals surface area contributed by atoms with Crippen molar-refractivity contribution in [2.45, 2.75) is 32.1 Å². The molecule has 0 fully saturated rings. The number of anilines is 1. The average molecular weight is 293 g/mol. The third kappa shape index (κ3) is 4.98. The van der Waals surface area contributed by atoms with Gasteiger partial charge in [0.1, 0.15) is 0 Å². The Morgan fingerprint density at radius 3 is 2.57 bits per heavy atom. The van der Waals surface area contributed by atoms with Gasteiger partial charge in [-0.25, -0.2) is 0 Å². The quantitative estimate of drug-likeness (QED) is 0.787. The summed E-state index contributed by atoms with van der Waals surface area (Å²) in [4.78, 5) is 22.1. The fourth-order valence-corrected chi connectivity index (χ4v) is 2.03. The van der Waals surface area contributed by atoms with E-state index < -0.39 is 5.97 Å².